The van der Waals surface area contributed by atoms with Crippen molar-refractivity contribution in [3.05, 3.63) is 117 Å². The number of hydrogen-bond acceptors (Lipinski definition) is 4. The molecule has 6 aromatic rings. The van der Waals surface area contributed by atoms with Gasteiger partial charge in [0.15, 0.2) is 5.76 Å². The molecule has 0 amide bonds. The molecule has 37 heavy (non-hydrogen) atoms. The number of hydrogen-bond donors (Lipinski definition) is 0. The summed E-state index contributed by atoms with van der Waals surface area (Å²) in [5, 5.41) is 6.10. The first-order valence-electron chi connectivity index (χ1n) is 12.2. The van der Waals surface area contributed by atoms with Gasteiger partial charge in [0.1, 0.15) is 5.58 Å². The molecule has 0 aliphatic rings. The normalized spacial score (nSPS) is 11.8. The summed E-state index contributed by atoms with van der Waals surface area (Å²) in [5.41, 5.74) is 7.66. The van der Waals surface area contributed by atoms with E-state index >= 15 is 0 Å². The third kappa shape index (κ3) is 3.96. The van der Waals surface area contributed by atoms with Gasteiger partial charge in [-0.2, -0.15) is 9.78 Å². The van der Waals surface area contributed by atoms with Crippen LogP contribution in [0.25, 0.3) is 39.1 Å². The van der Waals surface area contributed by atoms with Crippen LogP contribution >= 0.6 is 0 Å². The minimum atomic E-state index is -0.250. The highest BCUT2D eigenvalue weighted by atomic mass is 16.3. The van der Waals surface area contributed by atoms with Gasteiger partial charge in [-0.05, 0) is 81.3 Å². The zero-order valence-electron chi connectivity index (χ0n) is 21.2. The fourth-order valence-corrected chi connectivity index (χ4v) is 5.00. The zero-order valence-corrected chi connectivity index (χ0v) is 21.2. The lowest BCUT2D eigenvalue weighted by Crippen LogP contribution is -2.20. The first kappa shape index (κ1) is 22.7. The number of furan rings is 1. The van der Waals surface area contributed by atoms with Gasteiger partial charge in [0.2, 0.25) is 5.82 Å². The molecule has 3 aromatic carbocycles. The van der Waals surface area contributed by atoms with Crippen molar-refractivity contribution in [2.75, 3.05) is 0 Å². The van der Waals surface area contributed by atoms with Crippen LogP contribution < -0.4 is 5.56 Å². The van der Waals surface area contributed by atoms with Gasteiger partial charge >= 0.3 is 0 Å². The van der Waals surface area contributed by atoms with Crippen molar-refractivity contribution >= 4 is 28.1 Å². The molecular weight excluding hydrogens is 460 g/mol. The molecule has 0 N–H and O–H groups in total. The number of para-hydroxylation sites is 2. The molecule has 0 saturated carbocycles. The zero-order chi connectivity index (χ0) is 25.7. The fraction of sp³-hybridized carbons (Fsp3) is 0.129. The number of rotatable bonds is 4. The summed E-state index contributed by atoms with van der Waals surface area (Å²) in [6.45, 7) is 8.34. The van der Waals surface area contributed by atoms with Gasteiger partial charge in [-0.25, -0.2) is 4.98 Å². The molecule has 3 heterocycles. The highest BCUT2D eigenvalue weighted by Gasteiger charge is 2.17. The van der Waals surface area contributed by atoms with E-state index < -0.39 is 0 Å². The number of aromatic nitrogens is 3. The van der Waals surface area contributed by atoms with E-state index in [0.717, 1.165) is 33.6 Å². The van der Waals surface area contributed by atoms with E-state index in [9.17, 15) is 4.79 Å². The third-order valence-electron chi connectivity index (χ3n) is 6.65. The summed E-state index contributed by atoms with van der Waals surface area (Å²) in [4.78, 5) is 18.4. The maximum Gasteiger partial charge on any atom is 0.282 e. The largest absolute Gasteiger partial charge is 0.453 e. The summed E-state index contributed by atoms with van der Waals surface area (Å²) >= 11 is 0. The van der Waals surface area contributed by atoms with Crippen LogP contribution in [-0.2, 0) is 0 Å². The Morgan fingerprint density at radius 2 is 1.59 bits per heavy atom. The lowest BCUT2D eigenvalue weighted by atomic mass is 10.1. The van der Waals surface area contributed by atoms with Crippen LogP contribution in [0.5, 0.6) is 0 Å². The monoisotopic (exact) mass is 486 g/mol. The summed E-state index contributed by atoms with van der Waals surface area (Å²) in [6.07, 6.45) is 1.73. The Balaban J connectivity index is 1.51. The van der Waals surface area contributed by atoms with Crippen LogP contribution in [0.4, 0.5) is 0 Å². The molecule has 6 rings (SSSR count). The molecule has 0 atom stereocenters. The second kappa shape index (κ2) is 8.75. The van der Waals surface area contributed by atoms with Crippen molar-refractivity contribution < 1.29 is 4.42 Å². The van der Waals surface area contributed by atoms with Crippen molar-refractivity contribution in [1.29, 1.82) is 0 Å². The van der Waals surface area contributed by atoms with E-state index in [0.29, 0.717) is 22.5 Å². The molecule has 0 bridgehead atoms. The third-order valence-corrected chi connectivity index (χ3v) is 6.65. The average molecular weight is 487 g/mol. The topological polar surface area (TPSA) is 65.3 Å². The molecule has 0 radical (unpaired) electrons. The minimum Gasteiger partial charge on any atom is -0.453 e. The van der Waals surface area contributed by atoms with Crippen LogP contribution in [-0.4, -0.2) is 20.4 Å². The van der Waals surface area contributed by atoms with Crippen molar-refractivity contribution in [1.82, 2.24) is 14.2 Å². The van der Waals surface area contributed by atoms with Crippen molar-refractivity contribution in [2.45, 2.75) is 27.7 Å². The van der Waals surface area contributed by atoms with E-state index in [1.807, 2.05) is 48.5 Å². The van der Waals surface area contributed by atoms with Crippen molar-refractivity contribution in [3.8, 4) is 17.3 Å². The highest BCUT2D eigenvalue weighted by molar-refractivity contribution is 5.85. The second-order valence-corrected chi connectivity index (χ2v) is 9.47. The van der Waals surface area contributed by atoms with Crippen molar-refractivity contribution in [3.63, 3.8) is 0 Å². The lowest BCUT2D eigenvalue weighted by molar-refractivity contribution is 0.616. The predicted molar refractivity (Wildman–Crippen MR) is 149 cm³/mol. The quantitative estimate of drug-likeness (QED) is 0.260. The number of nitrogens with zero attached hydrogens (tertiary/aromatic N) is 4. The molecule has 0 fully saturated rings. The molecule has 0 unspecified atom stereocenters. The highest BCUT2D eigenvalue weighted by Crippen LogP contribution is 2.27. The smallest absolute Gasteiger partial charge is 0.282 e. The molecule has 0 saturated heterocycles. The molecule has 3 aromatic heterocycles. The Kier molecular flexibility index (Phi) is 5.37. The summed E-state index contributed by atoms with van der Waals surface area (Å²) in [7, 11) is 0. The Morgan fingerprint density at radius 3 is 2.38 bits per heavy atom. The van der Waals surface area contributed by atoms with E-state index in [1.54, 1.807) is 12.3 Å². The molecule has 6 heteroatoms. The molecule has 0 spiro atoms. The van der Waals surface area contributed by atoms with Crippen LogP contribution in [0.2, 0.25) is 0 Å². The van der Waals surface area contributed by atoms with E-state index in [2.05, 4.69) is 61.6 Å². The maximum absolute atomic E-state index is 13.6. The lowest BCUT2D eigenvalue weighted by Gasteiger charge is -2.12. The molecular formula is C31H26N4O2. The number of fused-ring (bicyclic) bond motifs is 2. The SMILES string of the molecule is Cc1cc(C)cc(-n2c(C)cc(C=Nn3c(-c4cc5ccccc5o4)nc4ccccc4c3=O)c2C)c1. The predicted octanol–water partition coefficient (Wildman–Crippen LogP) is 6.72. The molecule has 0 aliphatic heterocycles. The number of benzene rings is 3. The standard InChI is InChI=1S/C31H26N4O2/c1-19-13-20(2)15-25(14-19)34-21(3)16-24(22(34)4)18-32-35-30(29-17-23-9-5-8-12-28(23)37-29)33-27-11-7-6-10-26(27)31(35)36/h5-18H,1-4H3. The van der Waals surface area contributed by atoms with Crippen LogP contribution in [0, 0.1) is 27.7 Å². The Labute approximate surface area is 214 Å². The first-order valence-corrected chi connectivity index (χ1v) is 12.2. The Hall–Kier alpha value is -4.71. The van der Waals surface area contributed by atoms with Gasteiger partial charge in [-0.3, -0.25) is 4.79 Å². The fourth-order valence-electron chi connectivity index (χ4n) is 5.00. The summed E-state index contributed by atoms with van der Waals surface area (Å²) < 4.78 is 9.63. The van der Waals surface area contributed by atoms with Gasteiger partial charge in [-0.1, -0.05) is 36.4 Å². The Bertz CT molecular complexity index is 1850. The van der Waals surface area contributed by atoms with Crippen LogP contribution in [0.15, 0.2) is 93.2 Å². The minimum absolute atomic E-state index is 0.250. The van der Waals surface area contributed by atoms with Gasteiger partial charge in [0.05, 0.1) is 17.1 Å². The van der Waals surface area contributed by atoms with E-state index in [4.69, 9.17) is 9.40 Å². The second-order valence-electron chi connectivity index (χ2n) is 9.47. The first-order chi connectivity index (χ1) is 17.9. The number of aryl methyl sites for hydroxylation is 3. The van der Waals surface area contributed by atoms with Gasteiger partial charge < -0.3 is 8.98 Å². The average Bonchev–Trinajstić information content (AvgIpc) is 3.43. The van der Waals surface area contributed by atoms with Crippen LogP contribution in [0.3, 0.4) is 0 Å². The molecule has 6 nitrogen and oxygen atoms in total. The maximum atomic E-state index is 13.6. The summed E-state index contributed by atoms with van der Waals surface area (Å²) in [6, 6.07) is 25.5. The van der Waals surface area contributed by atoms with Gasteiger partial charge in [0.25, 0.3) is 5.56 Å². The van der Waals surface area contributed by atoms with Gasteiger partial charge in [0, 0.05) is 28.0 Å². The molecule has 182 valence electrons. The van der Waals surface area contributed by atoms with Crippen LogP contribution in [0.1, 0.15) is 28.1 Å². The van der Waals surface area contributed by atoms with E-state index in [-0.39, 0.29) is 5.56 Å². The van der Waals surface area contributed by atoms with Gasteiger partial charge in [-0.15, -0.1) is 0 Å². The Morgan fingerprint density at radius 1 is 0.865 bits per heavy atom. The summed E-state index contributed by atoms with van der Waals surface area (Å²) in [5.74, 6) is 0.848. The van der Waals surface area contributed by atoms with E-state index in [1.165, 1.54) is 15.8 Å². The molecule has 0 aliphatic carbocycles. The van der Waals surface area contributed by atoms with Crippen molar-refractivity contribution in [2.24, 2.45) is 5.10 Å².